The Morgan fingerprint density at radius 2 is 1.32 bits per heavy atom. The summed E-state index contributed by atoms with van der Waals surface area (Å²) in [6.45, 7) is 0.909. The zero-order valence-corrected chi connectivity index (χ0v) is 18.8. The number of benzene rings is 4. The van der Waals surface area contributed by atoms with Crippen molar-refractivity contribution in [2.24, 2.45) is 0 Å². The minimum absolute atomic E-state index is 0.204. The van der Waals surface area contributed by atoms with E-state index in [9.17, 15) is 4.79 Å². The molecule has 0 saturated carbocycles. The monoisotopic (exact) mass is 447 g/mol. The van der Waals surface area contributed by atoms with Gasteiger partial charge in [-0.05, 0) is 33.4 Å². The van der Waals surface area contributed by atoms with Crippen LogP contribution in [0.4, 0.5) is 0 Å². The Hall–Kier alpha value is -3.73. The molecule has 0 spiro atoms. The van der Waals surface area contributed by atoms with E-state index in [0.717, 1.165) is 22.3 Å². The van der Waals surface area contributed by atoms with Gasteiger partial charge in [-0.15, -0.1) is 0 Å². The van der Waals surface area contributed by atoms with Gasteiger partial charge in [-0.3, -0.25) is 4.79 Å². The summed E-state index contributed by atoms with van der Waals surface area (Å²) < 4.78 is 11.8. The predicted octanol–water partition coefficient (Wildman–Crippen LogP) is 5.36. The number of hydrogen-bond donors (Lipinski definition) is 0. The Labute approximate surface area is 199 Å². The van der Waals surface area contributed by atoms with Crippen LogP contribution < -0.4 is 0 Å². The molecule has 0 unspecified atom stereocenters. The van der Waals surface area contributed by atoms with E-state index in [-0.39, 0.29) is 19.3 Å². The lowest BCUT2D eigenvalue weighted by atomic mass is 9.78. The number of carbonyl (C=O) groups excluding carboxylic acids is 1. The van der Waals surface area contributed by atoms with Crippen LogP contribution in [0.5, 0.6) is 0 Å². The zero-order chi connectivity index (χ0) is 23.0. The zero-order valence-electron chi connectivity index (χ0n) is 18.8. The van der Waals surface area contributed by atoms with E-state index in [0.29, 0.717) is 6.61 Å². The van der Waals surface area contributed by atoms with Gasteiger partial charge in [0.25, 0.3) is 0 Å². The summed E-state index contributed by atoms with van der Waals surface area (Å²) in [7, 11) is 0. The molecule has 6 rings (SSSR count). The van der Waals surface area contributed by atoms with Gasteiger partial charge in [-0.25, -0.2) is 4.90 Å². The first-order valence-electron chi connectivity index (χ1n) is 11.6. The van der Waals surface area contributed by atoms with E-state index in [1.807, 2.05) is 36.4 Å². The fraction of sp³-hybridized carbons (Fsp3) is 0.167. The molecule has 34 heavy (non-hydrogen) atoms. The van der Waals surface area contributed by atoms with E-state index < -0.39 is 11.6 Å². The molecular formula is C30H25NO3. The predicted molar refractivity (Wildman–Crippen MR) is 131 cm³/mol. The quantitative estimate of drug-likeness (QED) is 0.373. The first-order valence-corrected chi connectivity index (χ1v) is 11.6. The maximum absolute atomic E-state index is 13.0. The average Bonchev–Trinajstić information content (AvgIpc) is 3.41. The van der Waals surface area contributed by atoms with Crippen molar-refractivity contribution in [2.75, 3.05) is 13.3 Å². The van der Waals surface area contributed by atoms with Gasteiger partial charge in [0, 0.05) is 0 Å². The number of cyclic esters (lactones) is 1. The van der Waals surface area contributed by atoms with Crippen molar-refractivity contribution >= 4 is 5.97 Å². The molecule has 1 saturated heterocycles. The van der Waals surface area contributed by atoms with E-state index in [1.165, 1.54) is 11.1 Å². The number of ether oxygens (including phenoxy) is 2. The Balaban J connectivity index is 1.47. The molecule has 0 N–H and O–H groups in total. The molecule has 1 aliphatic heterocycles. The fourth-order valence-electron chi connectivity index (χ4n) is 5.48. The highest BCUT2D eigenvalue weighted by Crippen LogP contribution is 2.55. The first kappa shape index (κ1) is 20.8. The molecule has 0 aromatic heterocycles. The molecule has 4 nitrogen and oxygen atoms in total. The summed E-state index contributed by atoms with van der Waals surface area (Å²) >= 11 is 0. The Bertz CT molecular complexity index is 1270. The molecule has 4 aromatic carbocycles. The largest absolute Gasteiger partial charge is 0.448 e. The van der Waals surface area contributed by atoms with Crippen LogP contribution in [0.3, 0.4) is 0 Å². The summed E-state index contributed by atoms with van der Waals surface area (Å²) in [5.41, 5.74) is 6.23. The standard InChI is InChI=1S/C30H25NO3/c32-29-28(20-33-19-22-11-3-1-4-12-22)31(21-34-29)30(23-13-5-2-6-14-23)26-17-9-7-15-24(26)25-16-8-10-18-27(25)30/h1-18,28H,19-21H2/t28-/m0/s1. The van der Waals surface area contributed by atoms with Gasteiger partial charge in [0.05, 0.1) is 13.2 Å². The van der Waals surface area contributed by atoms with Crippen molar-refractivity contribution in [2.45, 2.75) is 18.2 Å². The molecule has 4 heteroatoms. The molecule has 4 aromatic rings. The molecule has 2 aliphatic rings. The van der Waals surface area contributed by atoms with Crippen LogP contribution in [-0.2, 0) is 26.4 Å². The van der Waals surface area contributed by atoms with Crippen LogP contribution >= 0.6 is 0 Å². The maximum Gasteiger partial charge on any atom is 0.327 e. The van der Waals surface area contributed by atoms with E-state index in [4.69, 9.17) is 9.47 Å². The van der Waals surface area contributed by atoms with Gasteiger partial charge < -0.3 is 9.47 Å². The van der Waals surface area contributed by atoms with Crippen LogP contribution in [0, 0.1) is 0 Å². The number of rotatable bonds is 6. The molecule has 1 aliphatic carbocycles. The lowest BCUT2D eigenvalue weighted by molar-refractivity contribution is -0.140. The van der Waals surface area contributed by atoms with Gasteiger partial charge in [-0.1, -0.05) is 109 Å². The first-order chi connectivity index (χ1) is 16.8. The van der Waals surface area contributed by atoms with Crippen LogP contribution in [-0.4, -0.2) is 30.2 Å². The highest BCUT2D eigenvalue weighted by molar-refractivity contribution is 5.85. The second-order valence-electron chi connectivity index (χ2n) is 8.75. The number of fused-ring (bicyclic) bond motifs is 3. The summed E-state index contributed by atoms with van der Waals surface area (Å²) in [6.07, 6.45) is 0. The average molecular weight is 448 g/mol. The van der Waals surface area contributed by atoms with Crippen molar-refractivity contribution < 1.29 is 14.3 Å². The van der Waals surface area contributed by atoms with Gasteiger partial charge >= 0.3 is 5.97 Å². The van der Waals surface area contributed by atoms with Crippen molar-refractivity contribution in [1.82, 2.24) is 4.90 Å². The third-order valence-corrected chi connectivity index (χ3v) is 6.93. The molecule has 0 radical (unpaired) electrons. The van der Waals surface area contributed by atoms with Crippen LogP contribution in [0.1, 0.15) is 22.3 Å². The Kier molecular flexibility index (Phi) is 5.25. The molecule has 0 amide bonds. The van der Waals surface area contributed by atoms with Gasteiger partial charge in [0.1, 0.15) is 18.3 Å². The van der Waals surface area contributed by atoms with E-state index >= 15 is 0 Å². The van der Waals surface area contributed by atoms with Crippen LogP contribution in [0.25, 0.3) is 11.1 Å². The third-order valence-electron chi connectivity index (χ3n) is 6.93. The number of carbonyl (C=O) groups is 1. The van der Waals surface area contributed by atoms with Gasteiger partial charge in [-0.2, -0.15) is 0 Å². The Morgan fingerprint density at radius 3 is 1.97 bits per heavy atom. The Morgan fingerprint density at radius 1 is 0.765 bits per heavy atom. The fourth-order valence-corrected chi connectivity index (χ4v) is 5.48. The minimum Gasteiger partial charge on any atom is -0.448 e. The highest BCUT2D eigenvalue weighted by atomic mass is 16.6. The highest BCUT2D eigenvalue weighted by Gasteiger charge is 2.55. The van der Waals surface area contributed by atoms with E-state index in [1.54, 1.807) is 0 Å². The topological polar surface area (TPSA) is 38.8 Å². The lowest BCUT2D eigenvalue weighted by Crippen LogP contribution is -2.52. The van der Waals surface area contributed by atoms with E-state index in [2.05, 4.69) is 77.7 Å². The second-order valence-corrected chi connectivity index (χ2v) is 8.75. The SMILES string of the molecule is O=C1OCN(C2(c3ccccc3)c3ccccc3-c3ccccc32)[C@H]1COCc1ccccc1. The van der Waals surface area contributed by atoms with Gasteiger partial charge in [0.15, 0.2) is 0 Å². The number of esters is 1. The molecule has 1 fully saturated rings. The smallest absolute Gasteiger partial charge is 0.327 e. The summed E-state index contributed by atoms with van der Waals surface area (Å²) in [5.74, 6) is -0.245. The normalized spacial score (nSPS) is 18.4. The molecule has 168 valence electrons. The van der Waals surface area contributed by atoms with Crippen LogP contribution in [0.15, 0.2) is 109 Å². The molecule has 1 atom stereocenters. The summed E-state index contributed by atoms with van der Waals surface area (Å²) in [6, 6.07) is 36.9. The summed E-state index contributed by atoms with van der Waals surface area (Å²) in [5, 5.41) is 0. The molecule has 0 bridgehead atoms. The molecular weight excluding hydrogens is 422 g/mol. The maximum atomic E-state index is 13.0. The number of hydrogen-bond acceptors (Lipinski definition) is 4. The van der Waals surface area contributed by atoms with Gasteiger partial charge in [0.2, 0.25) is 0 Å². The van der Waals surface area contributed by atoms with Crippen molar-refractivity contribution in [3.63, 3.8) is 0 Å². The second kappa shape index (κ2) is 8.56. The van der Waals surface area contributed by atoms with Crippen molar-refractivity contribution in [1.29, 1.82) is 0 Å². The van der Waals surface area contributed by atoms with Crippen LogP contribution in [0.2, 0.25) is 0 Å². The minimum atomic E-state index is -0.651. The van der Waals surface area contributed by atoms with Crippen molar-refractivity contribution in [3.05, 3.63) is 131 Å². The summed E-state index contributed by atoms with van der Waals surface area (Å²) in [4.78, 5) is 15.2. The lowest BCUT2D eigenvalue weighted by Gasteiger charge is -2.42. The van der Waals surface area contributed by atoms with Crippen molar-refractivity contribution in [3.8, 4) is 11.1 Å². The molecule has 1 heterocycles. The third kappa shape index (κ3) is 3.18. The number of nitrogens with zero attached hydrogens (tertiary/aromatic N) is 1.